The fourth-order valence-electron chi connectivity index (χ4n) is 1.95. The number of aromatic carboxylic acids is 1. The normalized spacial score (nSPS) is 10.3. The molecule has 0 aliphatic heterocycles. The average Bonchev–Trinajstić information content (AvgIpc) is 2.53. The number of hydrogen-bond donors (Lipinski definition) is 1. The van der Waals surface area contributed by atoms with Crippen LogP contribution in [-0.4, -0.2) is 15.6 Å². The van der Waals surface area contributed by atoms with Crippen molar-refractivity contribution >= 4 is 16.9 Å². The third-order valence-corrected chi connectivity index (χ3v) is 2.64. The number of rotatable bonds is 1. The van der Waals surface area contributed by atoms with Gasteiger partial charge in [-0.15, -0.1) is 0 Å². The van der Waals surface area contributed by atoms with Crippen molar-refractivity contribution in [2.45, 2.75) is 6.92 Å². The highest BCUT2D eigenvalue weighted by Crippen LogP contribution is 2.25. The number of aryl methyl sites for hydroxylation is 2. The van der Waals surface area contributed by atoms with Crippen LogP contribution in [0.1, 0.15) is 21.5 Å². The quantitative estimate of drug-likeness (QED) is 0.790. The molecule has 1 aromatic heterocycles. The van der Waals surface area contributed by atoms with Crippen LogP contribution in [-0.2, 0) is 7.05 Å². The van der Waals surface area contributed by atoms with Crippen molar-refractivity contribution in [1.82, 2.24) is 4.57 Å². The van der Waals surface area contributed by atoms with E-state index in [9.17, 15) is 4.79 Å². The van der Waals surface area contributed by atoms with E-state index in [0.717, 1.165) is 16.5 Å². The van der Waals surface area contributed by atoms with Crippen molar-refractivity contribution in [3.05, 3.63) is 35.0 Å². The van der Waals surface area contributed by atoms with Crippen molar-refractivity contribution in [3.63, 3.8) is 0 Å². The Morgan fingerprint density at radius 1 is 1.50 bits per heavy atom. The molecule has 4 heteroatoms. The highest BCUT2D eigenvalue weighted by Gasteiger charge is 2.13. The Hall–Kier alpha value is -2.28. The minimum absolute atomic E-state index is 0.151. The molecule has 0 radical (unpaired) electrons. The van der Waals surface area contributed by atoms with Gasteiger partial charge in [-0.2, -0.15) is 5.26 Å². The number of carbonyl (C=O) groups is 1. The summed E-state index contributed by atoms with van der Waals surface area (Å²) < 4.78 is 1.84. The van der Waals surface area contributed by atoms with Gasteiger partial charge in [-0.1, -0.05) is 0 Å². The lowest BCUT2D eigenvalue weighted by molar-refractivity contribution is 0.0697. The molecule has 0 unspecified atom stereocenters. The van der Waals surface area contributed by atoms with Gasteiger partial charge in [-0.3, -0.25) is 0 Å². The lowest BCUT2D eigenvalue weighted by Gasteiger charge is -2.01. The Bertz CT molecular complexity index is 632. The fourth-order valence-corrected chi connectivity index (χ4v) is 1.95. The first-order chi connectivity index (χ1) is 7.54. The SMILES string of the molecule is Cc1cn(C)c2c(C#N)cc(C(=O)O)cc12. The number of fused-ring (bicyclic) bond motifs is 1. The van der Waals surface area contributed by atoms with Gasteiger partial charge in [0.25, 0.3) is 0 Å². The summed E-state index contributed by atoms with van der Waals surface area (Å²) in [6.45, 7) is 1.90. The molecular weight excluding hydrogens is 204 g/mol. The van der Waals surface area contributed by atoms with Crippen LogP contribution in [0.25, 0.3) is 10.9 Å². The summed E-state index contributed by atoms with van der Waals surface area (Å²) >= 11 is 0. The Balaban J connectivity index is 2.93. The van der Waals surface area contributed by atoms with Gasteiger partial charge >= 0.3 is 5.97 Å². The molecule has 1 heterocycles. The number of hydrogen-bond acceptors (Lipinski definition) is 2. The van der Waals surface area contributed by atoms with E-state index in [4.69, 9.17) is 10.4 Å². The molecule has 0 bridgehead atoms. The van der Waals surface area contributed by atoms with Crippen LogP contribution in [0.3, 0.4) is 0 Å². The molecule has 1 N–H and O–H groups in total. The molecule has 0 atom stereocenters. The van der Waals surface area contributed by atoms with E-state index in [1.165, 1.54) is 6.07 Å². The smallest absolute Gasteiger partial charge is 0.335 e. The summed E-state index contributed by atoms with van der Waals surface area (Å²) in [6.07, 6.45) is 1.89. The van der Waals surface area contributed by atoms with Crippen LogP contribution >= 0.6 is 0 Å². The summed E-state index contributed by atoms with van der Waals surface area (Å²) in [5.41, 5.74) is 2.30. The summed E-state index contributed by atoms with van der Waals surface area (Å²) in [5.74, 6) is -1.01. The first-order valence-corrected chi connectivity index (χ1v) is 4.77. The highest BCUT2D eigenvalue weighted by atomic mass is 16.4. The lowest BCUT2D eigenvalue weighted by atomic mass is 10.1. The molecule has 0 spiro atoms. The maximum Gasteiger partial charge on any atom is 0.335 e. The van der Waals surface area contributed by atoms with Crippen LogP contribution in [0.5, 0.6) is 0 Å². The third kappa shape index (κ3) is 1.34. The molecule has 0 aliphatic rings. The average molecular weight is 214 g/mol. The molecular formula is C12H10N2O2. The summed E-state index contributed by atoms with van der Waals surface area (Å²) in [7, 11) is 1.84. The maximum absolute atomic E-state index is 10.9. The van der Waals surface area contributed by atoms with Crippen LogP contribution in [0, 0.1) is 18.3 Å². The Morgan fingerprint density at radius 2 is 2.19 bits per heavy atom. The zero-order valence-electron chi connectivity index (χ0n) is 8.98. The third-order valence-electron chi connectivity index (χ3n) is 2.64. The zero-order chi connectivity index (χ0) is 11.9. The van der Waals surface area contributed by atoms with Gasteiger partial charge in [0.15, 0.2) is 0 Å². The molecule has 1 aromatic carbocycles. The van der Waals surface area contributed by atoms with E-state index in [1.54, 1.807) is 6.07 Å². The highest BCUT2D eigenvalue weighted by molar-refractivity contribution is 5.97. The van der Waals surface area contributed by atoms with E-state index in [2.05, 4.69) is 0 Å². The van der Waals surface area contributed by atoms with E-state index in [-0.39, 0.29) is 5.56 Å². The molecule has 80 valence electrons. The number of aromatic nitrogens is 1. The van der Waals surface area contributed by atoms with Crippen LogP contribution < -0.4 is 0 Å². The first kappa shape index (κ1) is 10.2. The predicted molar refractivity (Wildman–Crippen MR) is 59.3 cm³/mol. The molecule has 0 saturated heterocycles. The molecule has 0 amide bonds. The maximum atomic E-state index is 10.9. The first-order valence-electron chi connectivity index (χ1n) is 4.77. The Kier molecular flexibility index (Phi) is 2.17. The van der Waals surface area contributed by atoms with Gasteiger partial charge in [0.05, 0.1) is 16.6 Å². The van der Waals surface area contributed by atoms with E-state index >= 15 is 0 Å². The van der Waals surface area contributed by atoms with Gasteiger partial charge in [0.2, 0.25) is 0 Å². The number of nitriles is 1. The van der Waals surface area contributed by atoms with Crippen molar-refractivity contribution in [3.8, 4) is 6.07 Å². The van der Waals surface area contributed by atoms with Crippen molar-refractivity contribution in [1.29, 1.82) is 5.26 Å². The van der Waals surface area contributed by atoms with Crippen LogP contribution in [0.15, 0.2) is 18.3 Å². The van der Waals surface area contributed by atoms with Crippen molar-refractivity contribution < 1.29 is 9.90 Å². The van der Waals surface area contributed by atoms with Gasteiger partial charge in [0.1, 0.15) is 6.07 Å². The second-order valence-corrected chi connectivity index (χ2v) is 3.76. The van der Waals surface area contributed by atoms with Gasteiger partial charge in [0, 0.05) is 18.6 Å². The molecule has 2 rings (SSSR count). The second-order valence-electron chi connectivity index (χ2n) is 3.76. The molecule has 16 heavy (non-hydrogen) atoms. The standard InChI is InChI=1S/C12H10N2O2/c1-7-6-14(2)11-9(5-13)3-8(12(15)16)4-10(7)11/h3-4,6H,1-2H3,(H,15,16). The topological polar surface area (TPSA) is 66.0 Å². The van der Waals surface area contributed by atoms with E-state index < -0.39 is 5.97 Å². The monoisotopic (exact) mass is 214 g/mol. The number of benzene rings is 1. The summed E-state index contributed by atoms with van der Waals surface area (Å²) in [5, 5.41) is 18.8. The van der Waals surface area contributed by atoms with Crippen LogP contribution in [0.4, 0.5) is 0 Å². The second kappa shape index (κ2) is 3.38. The van der Waals surface area contributed by atoms with Crippen molar-refractivity contribution in [2.24, 2.45) is 7.05 Å². The molecule has 4 nitrogen and oxygen atoms in total. The number of nitrogens with zero attached hydrogens (tertiary/aromatic N) is 2. The molecule has 0 aliphatic carbocycles. The van der Waals surface area contributed by atoms with Gasteiger partial charge < -0.3 is 9.67 Å². The van der Waals surface area contributed by atoms with E-state index in [0.29, 0.717) is 5.56 Å². The summed E-state index contributed by atoms with van der Waals surface area (Å²) in [4.78, 5) is 10.9. The minimum Gasteiger partial charge on any atom is -0.478 e. The van der Waals surface area contributed by atoms with Gasteiger partial charge in [-0.05, 0) is 24.6 Å². The van der Waals surface area contributed by atoms with Gasteiger partial charge in [-0.25, -0.2) is 4.79 Å². The lowest BCUT2D eigenvalue weighted by Crippen LogP contribution is -1.98. The predicted octanol–water partition coefficient (Wildman–Crippen LogP) is 2.06. The Labute approximate surface area is 92.3 Å². The number of carboxylic acid groups (broad SMARTS) is 1. The summed E-state index contributed by atoms with van der Waals surface area (Å²) in [6, 6.07) is 5.05. The molecule has 2 aromatic rings. The molecule has 0 saturated carbocycles. The largest absolute Gasteiger partial charge is 0.478 e. The Morgan fingerprint density at radius 3 is 2.75 bits per heavy atom. The van der Waals surface area contributed by atoms with Crippen molar-refractivity contribution in [2.75, 3.05) is 0 Å². The number of carboxylic acids is 1. The van der Waals surface area contributed by atoms with E-state index in [1.807, 2.05) is 30.8 Å². The minimum atomic E-state index is -1.01. The fraction of sp³-hybridized carbons (Fsp3) is 0.167. The zero-order valence-corrected chi connectivity index (χ0v) is 8.98. The van der Waals surface area contributed by atoms with Crippen LogP contribution in [0.2, 0.25) is 0 Å². The molecule has 0 fully saturated rings.